The van der Waals surface area contributed by atoms with E-state index in [2.05, 4.69) is 11.1 Å². The number of pyridine rings is 1. The molecule has 0 amide bonds. The Bertz CT molecular complexity index is 931. The van der Waals surface area contributed by atoms with Crippen molar-refractivity contribution in [3.63, 3.8) is 0 Å². The third kappa shape index (κ3) is 4.45. The molecule has 0 bridgehead atoms. The van der Waals surface area contributed by atoms with Crippen LogP contribution in [0.2, 0.25) is 0 Å². The SMILES string of the molecule is N#CC(C(=N)SC1=CCCC=C1N)c1cccc(C(O)c2ccncc2)c1. The zero-order chi connectivity index (χ0) is 19.2. The molecule has 2 unspecified atom stereocenters. The van der Waals surface area contributed by atoms with Crippen LogP contribution in [0.15, 0.2) is 71.5 Å². The molecule has 1 aromatic carbocycles. The van der Waals surface area contributed by atoms with Gasteiger partial charge in [0.2, 0.25) is 0 Å². The number of nitrogens with one attached hydrogen (secondary N) is 1. The van der Waals surface area contributed by atoms with Crippen molar-refractivity contribution in [3.05, 3.63) is 88.2 Å². The molecular weight excluding hydrogens is 356 g/mol. The van der Waals surface area contributed by atoms with Crippen molar-refractivity contribution in [3.8, 4) is 6.07 Å². The van der Waals surface area contributed by atoms with E-state index >= 15 is 0 Å². The van der Waals surface area contributed by atoms with E-state index in [-0.39, 0.29) is 5.04 Å². The molecular formula is C21H20N4OS. The second-order valence-corrected chi connectivity index (χ2v) is 7.27. The first-order valence-electron chi connectivity index (χ1n) is 8.60. The third-order valence-electron chi connectivity index (χ3n) is 4.34. The number of benzene rings is 1. The quantitative estimate of drug-likeness (QED) is 0.540. The Hall–Kier alpha value is -2.88. The van der Waals surface area contributed by atoms with E-state index in [0.717, 1.165) is 23.3 Å². The standard InChI is InChI=1S/C21H20N4OS/c22-13-17(21(24)27-19-7-2-1-6-18(19)23)15-4-3-5-16(12-15)20(26)14-8-10-25-11-9-14/h3-12,17,20,24,26H,1-2,23H2. The zero-order valence-corrected chi connectivity index (χ0v) is 15.5. The lowest BCUT2D eigenvalue weighted by Gasteiger charge is -2.17. The highest BCUT2D eigenvalue weighted by atomic mass is 32.2. The fourth-order valence-corrected chi connectivity index (χ4v) is 3.83. The van der Waals surface area contributed by atoms with Gasteiger partial charge in [0.25, 0.3) is 0 Å². The van der Waals surface area contributed by atoms with Crippen LogP contribution < -0.4 is 5.73 Å². The summed E-state index contributed by atoms with van der Waals surface area (Å²) >= 11 is 1.22. The summed E-state index contributed by atoms with van der Waals surface area (Å²) in [5.74, 6) is -0.713. The monoisotopic (exact) mass is 376 g/mol. The van der Waals surface area contributed by atoms with Crippen LogP contribution in [0.5, 0.6) is 0 Å². The molecule has 0 saturated carbocycles. The highest BCUT2D eigenvalue weighted by Gasteiger charge is 2.21. The van der Waals surface area contributed by atoms with Crippen molar-refractivity contribution >= 4 is 16.8 Å². The van der Waals surface area contributed by atoms with Gasteiger partial charge in [-0.15, -0.1) is 0 Å². The average Bonchev–Trinajstić information content (AvgIpc) is 2.70. The smallest absolute Gasteiger partial charge is 0.119 e. The number of rotatable bonds is 5. The number of allylic oxidation sites excluding steroid dienone is 2. The van der Waals surface area contributed by atoms with Crippen molar-refractivity contribution in [2.24, 2.45) is 5.73 Å². The largest absolute Gasteiger partial charge is 0.398 e. The predicted octanol–water partition coefficient (Wildman–Crippen LogP) is 4.00. The number of thioether (sulfide) groups is 1. The van der Waals surface area contributed by atoms with Crippen molar-refractivity contribution in [1.82, 2.24) is 4.98 Å². The molecule has 1 aliphatic carbocycles. The van der Waals surface area contributed by atoms with Gasteiger partial charge in [-0.05, 0) is 41.7 Å². The van der Waals surface area contributed by atoms with Gasteiger partial charge in [-0.1, -0.05) is 48.2 Å². The number of aliphatic hydroxyl groups excluding tert-OH is 1. The number of aliphatic hydroxyl groups is 1. The summed E-state index contributed by atoms with van der Waals surface area (Å²) in [4.78, 5) is 4.79. The second-order valence-electron chi connectivity index (χ2n) is 6.19. The Morgan fingerprint density at radius 3 is 2.56 bits per heavy atom. The van der Waals surface area contributed by atoms with Crippen molar-refractivity contribution in [2.45, 2.75) is 24.9 Å². The van der Waals surface area contributed by atoms with Gasteiger partial charge in [-0.2, -0.15) is 5.26 Å². The minimum absolute atomic E-state index is 0.220. The molecule has 27 heavy (non-hydrogen) atoms. The molecule has 3 rings (SSSR count). The highest BCUT2D eigenvalue weighted by molar-refractivity contribution is 8.17. The van der Waals surface area contributed by atoms with Crippen LogP contribution >= 0.6 is 11.8 Å². The molecule has 2 aromatic rings. The third-order valence-corrected chi connectivity index (χ3v) is 5.42. The molecule has 1 heterocycles. The Morgan fingerprint density at radius 1 is 1.15 bits per heavy atom. The number of aromatic nitrogens is 1. The van der Waals surface area contributed by atoms with Gasteiger partial charge in [-0.3, -0.25) is 10.4 Å². The summed E-state index contributed by atoms with van der Waals surface area (Å²) in [6.45, 7) is 0. The van der Waals surface area contributed by atoms with Crippen LogP contribution in [-0.2, 0) is 0 Å². The van der Waals surface area contributed by atoms with Gasteiger partial charge in [-0.25, -0.2) is 0 Å². The normalized spacial score (nSPS) is 15.9. The Morgan fingerprint density at radius 2 is 1.85 bits per heavy atom. The fourth-order valence-electron chi connectivity index (χ4n) is 2.88. The maximum absolute atomic E-state index is 10.6. The molecule has 0 fully saturated rings. The Kier molecular flexibility index (Phi) is 6.07. The molecule has 0 saturated heterocycles. The van der Waals surface area contributed by atoms with E-state index in [9.17, 15) is 10.4 Å². The summed E-state index contributed by atoms with van der Waals surface area (Å²) in [5, 5.41) is 28.9. The first-order valence-corrected chi connectivity index (χ1v) is 9.41. The minimum atomic E-state index is -0.811. The lowest BCUT2D eigenvalue weighted by Crippen LogP contribution is -2.10. The molecule has 2 atom stereocenters. The molecule has 0 spiro atoms. The molecule has 1 aliphatic rings. The minimum Gasteiger partial charge on any atom is -0.398 e. The van der Waals surface area contributed by atoms with E-state index in [1.807, 2.05) is 18.2 Å². The lowest BCUT2D eigenvalue weighted by molar-refractivity contribution is 0.220. The zero-order valence-electron chi connectivity index (χ0n) is 14.7. The molecule has 6 heteroatoms. The molecule has 1 aromatic heterocycles. The van der Waals surface area contributed by atoms with E-state index in [4.69, 9.17) is 11.1 Å². The van der Waals surface area contributed by atoms with Crippen LogP contribution in [-0.4, -0.2) is 15.1 Å². The first-order chi connectivity index (χ1) is 13.1. The van der Waals surface area contributed by atoms with E-state index in [1.165, 1.54) is 11.8 Å². The topological polar surface area (TPSA) is 107 Å². The van der Waals surface area contributed by atoms with Crippen molar-refractivity contribution in [1.29, 1.82) is 10.7 Å². The van der Waals surface area contributed by atoms with Gasteiger partial charge >= 0.3 is 0 Å². The predicted molar refractivity (Wildman–Crippen MR) is 108 cm³/mol. The van der Waals surface area contributed by atoms with Crippen LogP contribution in [0.25, 0.3) is 0 Å². The molecule has 0 radical (unpaired) electrons. The van der Waals surface area contributed by atoms with Crippen LogP contribution in [0.3, 0.4) is 0 Å². The van der Waals surface area contributed by atoms with E-state index in [1.54, 1.807) is 42.7 Å². The van der Waals surface area contributed by atoms with Crippen LogP contribution in [0.4, 0.5) is 0 Å². The maximum atomic E-state index is 10.6. The van der Waals surface area contributed by atoms with E-state index < -0.39 is 12.0 Å². The number of nitrogens with zero attached hydrogens (tertiary/aromatic N) is 2. The van der Waals surface area contributed by atoms with Gasteiger partial charge in [0, 0.05) is 23.0 Å². The lowest BCUT2D eigenvalue weighted by atomic mass is 9.95. The van der Waals surface area contributed by atoms with Gasteiger partial charge in [0.1, 0.15) is 12.0 Å². The highest BCUT2D eigenvalue weighted by Crippen LogP contribution is 2.33. The van der Waals surface area contributed by atoms with Gasteiger partial charge in [0.05, 0.1) is 11.1 Å². The Balaban J connectivity index is 1.82. The Labute approximate surface area is 162 Å². The van der Waals surface area contributed by atoms with E-state index in [0.29, 0.717) is 16.8 Å². The molecule has 0 aliphatic heterocycles. The maximum Gasteiger partial charge on any atom is 0.119 e. The number of nitriles is 1. The number of hydrogen-bond donors (Lipinski definition) is 3. The summed E-state index contributed by atoms with van der Waals surface area (Å²) in [6, 6.07) is 12.9. The van der Waals surface area contributed by atoms with Gasteiger partial charge in [0.15, 0.2) is 0 Å². The first kappa shape index (κ1) is 18.9. The average molecular weight is 376 g/mol. The summed E-state index contributed by atoms with van der Waals surface area (Å²) in [6.07, 6.45) is 8.19. The number of nitrogens with two attached hydrogens (primary N) is 1. The molecule has 4 N–H and O–H groups in total. The summed E-state index contributed by atoms with van der Waals surface area (Å²) in [5.41, 5.74) is 8.73. The summed E-state index contributed by atoms with van der Waals surface area (Å²) < 4.78 is 0. The van der Waals surface area contributed by atoms with Crippen LogP contribution in [0.1, 0.15) is 41.6 Å². The van der Waals surface area contributed by atoms with Crippen molar-refractivity contribution < 1.29 is 5.11 Å². The second kappa shape index (κ2) is 8.67. The fraction of sp³-hybridized carbons (Fsp3) is 0.190. The van der Waals surface area contributed by atoms with Gasteiger partial charge < -0.3 is 10.8 Å². The molecule has 5 nitrogen and oxygen atoms in total. The molecule has 136 valence electrons. The summed E-state index contributed by atoms with van der Waals surface area (Å²) in [7, 11) is 0. The van der Waals surface area contributed by atoms with Crippen molar-refractivity contribution in [2.75, 3.05) is 0 Å². The number of hydrogen-bond acceptors (Lipinski definition) is 6. The van der Waals surface area contributed by atoms with Crippen LogP contribution in [0, 0.1) is 16.7 Å².